The zero-order valence-corrected chi connectivity index (χ0v) is 15.1. The van der Waals surface area contributed by atoms with E-state index in [1.54, 1.807) is 24.4 Å². The predicted octanol–water partition coefficient (Wildman–Crippen LogP) is 4.28. The van der Waals surface area contributed by atoms with Crippen LogP contribution in [0.5, 0.6) is 0 Å². The highest BCUT2D eigenvalue weighted by Crippen LogP contribution is 2.22. The van der Waals surface area contributed by atoms with Gasteiger partial charge in [-0.05, 0) is 43.3 Å². The van der Waals surface area contributed by atoms with Gasteiger partial charge in [-0.25, -0.2) is 9.37 Å². The molecular weight excluding hydrogens is 333 g/mol. The number of nitrogens with one attached hydrogen (secondary N) is 1. The van der Waals surface area contributed by atoms with Crippen molar-refractivity contribution in [1.82, 2.24) is 14.9 Å². The molecule has 1 N–H and O–H groups in total. The number of imidazole rings is 1. The van der Waals surface area contributed by atoms with Gasteiger partial charge in [-0.15, -0.1) is 0 Å². The Bertz CT molecular complexity index is 881. The van der Waals surface area contributed by atoms with Crippen LogP contribution in [-0.2, 0) is 11.3 Å². The Labute approximate surface area is 151 Å². The van der Waals surface area contributed by atoms with Crippen molar-refractivity contribution >= 4 is 5.91 Å². The number of furan rings is 1. The fraction of sp³-hybridized carbons (Fsp3) is 0.300. The molecule has 136 valence electrons. The Morgan fingerprint density at radius 3 is 2.62 bits per heavy atom. The minimum atomic E-state index is -0.360. The summed E-state index contributed by atoms with van der Waals surface area (Å²) < 4.78 is 20.6. The molecule has 2 aromatic heterocycles. The molecule has 0 fully saturated rings. The fourth-order valence-corrected chi connectivity index (χ4v) is 2.79. The first-order chi connectivity index (χ1) is 12.5. The molecule has 2 heterocycles. The van der Waals surface area contributed by atoms with Crippen molar-refractivity contribution in [2.45, 2.75) is 39.3 Å². The highest BCUT2D eigenvalue weighted by Gasteiger charge is 2.19. The number of amides is 1. The first-order valence-corrected chi connectivity index (χ1v) is 8.61. The molecule has 0 bridgehead atoms. The van der Waals surface area contributed by atoms with Crippen LogP contribution in [0.1, 0.15) is 44.3 Å². The average molecular weight is 355 g/mol. The van der Waals surface area contributed by atoms with Crippen LogP contribution in [0.15, 0.2) is 53.2 Å². The number of benzene rings is 1. The van der Waals surface area contributed by atoms with Gasteiger partial charge in [-0.1, -0.05) is 13.8 Å². The van der Waals surface area contributed by atoms with E-state index < -0.39 is 0 Å². The van der Waals surface area contributed by atoms with E-state index in [4.69, 9.17) is 4.42 Å². The summed E-state index contributed by atoms with van der Waals surface area (Å²) in [7, 11) is 0. The summed E-state index contributed by atoms with van der Waals surface area (Å²) >= 11 is 0. The van der Waals surface area contributed by atoms with Crippen molar-refractivity contribution in [3.8, 4) is 11.3 Å². The van der Waals surface area contributed by atoms with E-state index in [9.17, 15) is 9.18 Å². The quantitative estimate of drug-likeness (QED) is 0.718. The Balaban J connectivity index is 1.63. The summed E-state index contributed by atoms with van der Waals surface area (Å²) in [5.41, 5.74) is 0.789. The zero-order valence-electron chi connectivity index (χ0n) is 15.1. The molecule has 6 heteroatoms. The molecule has 0 aliphatic heterocycles. The molecule has 1 unspecified atom stereocenters. The topological polar surface area (TPSA) is 60.1 Å². The number of rotatable bonds is 6. The standard InChI is InChI=1S/C20H22FN3O2/c1-13(2)19-22-10-11-24(19)14(3)20(25)23-12-17-8-9-18(26-17)15-4-6-16(21)7-5-15/h4-11,13-14H,12H2,1-3H3,(H,23,25). The van der Waals surface area contributed by atoms with E-state index >= 15 is 0 Å². The minimum Gasteiger partial charge on any atom is -0.459 e. The van der Waals surface area contributed by atoms with Crippen LogP contribution < -0.4 is 5.32 Å². The lowest BCUT2D eigenvalue weighted by molar-refractivity contribution is -0.124. The van der Waals surface area contributed by atoms with Crippen molar-refractivity contribution in [2.75, 3.05) is 0 Å². The third kappa shape index (κ3) is 3.85. The third-order valence-corrected chi connectivity index (χ3v) is 4.24. The van der Waals surface area contributed by atoms with Crippen molar-refractivity contribution < 1.29 is 13.6 Å². The molecular formula is C20H22FN3O2. The SMILES string of the molecule is CC(C)c1nccn1C(C)C(=O)NCc1ccc(-c2ccc(F)cc2)o1. The molecule has 0 saturated carbocycles. The normalized spacial score (nSPS) is 12.3. The average Bonchev–Trinajstić information content (AvgIpc) is 3.29. The molecule has 0 aliphatic rings. The lowest BCUT2D eigenvalue weighted by Crippen LogP contribution is -2.31. The van der Waals surface area contributed by atoms with Crippen LogP contribution in [0.25, 0.3) is 11.3 Å². The second kappa shape index (κ2) is 7.56. The highest BCUT2D eigenvalue weighted by atomic mass is 19.1. The molecule has 1 amide bonds. The van der Waals surface area contributed by atoms with Gasteiger partial charge < -0.3 is 14.3 Å². The van der Waals surface area contributed by atoms with Gasteiger partial charge in [0.05, 0.1) is 6.54 Å². The minimum absolute atomic E-state index is 0.107. The number of halogens is 1. The van der Waals surface area contributed by atoms with E-state index in [-0.39, 0.29) is 30.2 Å². The molecule has 0 radical (unpaired) electrons. The molecule has 3 rings (SSSR count). The Kier molecular flexibility index (Phi) is 5.21. The van der Waals surface area contributed by atoms with Crippen molar-refractivity contribution in [1.29, 1.82) is 0 Å². The number of carbonyl (C=O) groups excluding carboxylic acids is 1. The number of hydrogen-bond acceptors (Lipinski definition) is 3. The largest absolute Gasteiger partial charge is 0.459 e. The number of hydrogen-bond donors (Lipinski definition) is 1. The lowest BCUT2D eigenvalue weighted by atomic mass is 10.2. The molecule has 26 heavy (non-hydrogen) atoms. The second-order valence-corrected chi connectivity index (χ2v) is 6.51. The van der Waals surface area contributed by atoms with E-state index in [0.29, 0.717) is 11.5 Å². The molecule has 3 aromatic rings. The molecule has 0 saturated heterocycles. The van der Waals surface area contributed by atoms with E-state index in [0.717, 1.165) is 11.4 Å². The zero-order chi connectivity index (χ0) is 18.7. The maximum Gasteiger partial charge on any atom is 0.243 e. The maximum atomic E-state index is 13.0. The highest BCUT2D eigenvalue weighted by molar-refractivity contribution is 5.79. The molecule has 1 atom stereocenters. The van der Waals surface area contributed by atoms with Crippen LogP contribution in [0.2, 0.25) is 0 Å². The monoisotopic (exact) mass is 355 g/mol. The Morgan fingerprint density at radius 2 is 1.92 bits per heavy atom. The third-order valence-electron chi connectivity index (χ3n) is 4.24. The van der Waals surface area contributed by atoms with Crippen molar-refractivity contribution in [2.24, 2.45) is 0 Å². The predicted molar refractivity (Wildman–Crippen MR) is 97.0 cm³/mol. The van der Waals surface area contributed by atoms with Crippen LogP contribution in [0.4, 0.5) is 4.39 Å². The summed E-state index contributed by atoms with van der Waals surface area (Å²) in [6.45, 7) is 6.22. The number of carbonyl (C=O) groups is 1. The molecule has 0 aliphatic carbocycles. The van der Waals surface area contributed by atoms with E-state index in [2.05, 4.69) is 10.3 Å². The second-order valence-electron chi connectivity index (χ2n) is 6.51. The van der Waals surface area contributed by atoms with Gasteiger partial charge in [0, 0.05) is 23.9 Å². The summed E-state index contributed by atoms with van der Waals surface area (Å²) in [6, 6.07) is 9.35. The Hall–Kier alpha value is -2.89. The van der Waals surface area contributed by atoms with E-state index in [1.165, 1.54) is 12.1 Å². The van der Waals surface area contributed by atoms with Gasteiger partial charge in [0.15, 0.2) is 0 Å². The summed E-state index contributed by atoms with van der Waals surface area (Å²) in [5, 5.41) is 2.89. The summed E-state index contributed by atoms with van der Waals surface area (Å²) in [4.78, 5) is 16.8. The van der Waals surface area contributed by atoms with E-state index in [1.807, 2.05) is 37.6 Å². The summed E-state index contributed by atoms with van der Waals surface area (Å²) in [6.07, 6.45) is 3.53. The number of aromatic nitrogens is 2. The van der Waals surface area contributed by atoms with Crippen LogP contribution in [0, 0.1) is 5.82 Å². The first-order valence-electron chi connectivity index (χ1n) is 8.61. The van der Waals surface area contributed by atoms with Crippen LogP contribution >= 0.6 is 0 Å². The number of nitrogens with zero attached hydrogens (tertiary/aromatic N) is 2. The molecule has 0 spiro atoms. The maximum absolute atomic E-state index is 13.0. The van der Waals surface area contributed by atoms with Gasteiger partial charge in [0.2, 0.25) is 5.91 Å². The smallest absolute Gasteiger partial charge is 0.243 e. The van der Waals surface area contributed by atoms with Gasteiger partial charge in [-0.3, -0.25) is 4.79 Å². The van der Waals surface area contributed by atoms with Gasteiger partial charge >= 0.3 is 0 Å². The molecule has 1 aromatic carbocycles. The first kappa shape index (κ1) is 17.9. The fourth-order valence-electron chi connectivity index (χ4n) is 2.79. The van der Waals surface area contributed by atoms with Gasteiger partial charge in [0.1, 0.15) is 29.2 Å². The van der Waals surface area contributed by atoms with Crippen molar-refractivity contribution in [3.63, 3.8) is 0 Å². The van der Waals surface area contributed by atoms with Crippen molar-refractivity contribution in [3.05, 3.63) is 66.2 Å². The van der Waals surface area contributed by atoms with Crippen LogP contribution in [0.3, 0.4) is 0 Å². The van der Waals surface area contributed by atoms with Gasteiger partial charge in [0.25, 0.3) is 0 Å². The lowest BCUT2D eigenvalue weighted by Gasteiger charge is -2.17. The van der Waals surface area contributed by atoms with Crippen LogP contribution in [-0.4, -0.2) is 15.5 Å². The Morgan fingerprint density at radius 1 is 1.19 bits per heavy atom. The van der Waals surface area contributed by atoms with Gasteiger partial charge in [-0.2, -0.15) is 0 Å². The summed E-state index contributed by atoms with van der Waals surface area (Å²) in [5.74, 6) is 2.00. The molecule has 5 nitrogen and oxygen atoms in total.